The Kier molecular flexibility index (Phi) is 5.86. The van der Waals surface area contributed by atoms with E-state index in [4.69, 9.17) is 5.73 Å². The van der Waals surface area contributed by atoms with Crippen LogP contribution in [0.25, 0.3) is 0 Å². The van der Waals surface area contributed by atoms with Crippen LogP contribution in [0.2, 0.25) is 0 Å². The molecule has 3 nitrogen and oxygen atoms in total. The first-order valence-electron chi connectivity index (χ1n) is 7.99. The molecule has 4 N–H and O–H groups in total. The molecule has 3 atom stereocenters. The molecule has 3 heteroatoms. The number of aliphatic hydroxyl groups excluding tert-OH is 2. The molecule has 19 heavy (non-hydrogen) atoms. The molecule has 0 radical (unpaired) electrons. The Morgan fingerprint density at radius 1 is 1.11 bits per heavy atom. The molecular weight excluding hydrogens is 238 g/mol. The predicted octanol–water partition coefficient (Wildman–Crippen LogP) is 2.51. The lowest BCUT2D eigenvalue weighted by Gasteiger charge is -2.30. The molecular formula is C16H29NO2. The zero-order valence-corrected chi connectivity index (χ0v) is 11.9. The first-order chi connectivity index (χ1) is 9.18. The maximum Gasteiger partial charge on any atom is 0.102 e. The first-order valence-corrected chi connectivity index (χ1v) is 7.99. The zero-order valence-electron chi connectivity index (χ0n) is 11.9. The Bertz CT molecular complexity index is 297. The number of aliphatic hydroxyl groups is 2. The molecule has 0 aromatic heterocycles. The van der Waals surface area contributed by atoms with Crippen LogP contribution in [0.15, 0.2) is 11.6 Å². The van der Waals surface area contributed by atoms with Crippen molar-refractivity contribution < 1.29 is 10.2 Å². The molecule has 3 unspecified atom stereocenters. The normalized spacial score (nSPS) is 26.6. The monoisotopic (exact) mass is 267 g/mol. The summed E-state index contributed by atoms with van der Waals surface area (Å²) in [5.74, 6) is 0.644. The van der Waals surface area contributed by atoms with Gasteiger partial charge in [-0.2, -0.15) is 0 Å². The second kappa shape index (κ2) is 7.41. The minimum atomic E-state index is -0.800. The van der Waals surface area contributed by atoms with Gasteiger partial charge in [-0.15, -0.1) is 0 Å². The topological polar surface area (TPSA) is 66.5 Å². The molecule has 110 valence electrons. The number of hydrogen-bond acceptors (Lipinski definition) is 3. The third-order valence-corrected chi connectivity index (χ3v) is 4.80. The van der Waals surface area contributed by atoms with Crippen LogP contribution in [0.4, 0.5) is 0 Å². The van der Waals surface area contributed by atoms with Crippen molar-refractivity contribution in [1.29, 1.82) is 0 Å². The van der Waals surface area contributed by atoms with Crippen LogP contribution in [0.1, 0.15) is 64.2 Å². The van der Waals surface area contributed by atoms with Crippen molar-refractivity contribution in [3.8, 4) is 0 Å². The van der Waals surface area contributed by atoms with Crippen LogP contribution >= 0.6 is 0 Å². The van der Waals surface area contributed by atoms with Crippen molar-refractivity contribution >= 4 is 0 Å². The molecule has 0 saturated heterocycles. The maximum atomic E-state index is 10.3. The highest BCUT2D eigenvalue weighted by atomic mass is 16.3. The third kappa shape index (κ3) is 4.30. The zero-order chi connectivity index (χ0) is 13.7. The van der Waals surface area contributed by atoms with Crippen molar-refractivity contribution in [3.63, 3.8) is 0 Å². The summed E-state index contributed by atoms with van der Waals surface area (Å²) >= 11 is 0. The van der Waals surface area contributed by atoms with Gasteiger partial charge >= 0.3 is 0 Å². The van der Waals surface area contributed by atoms with Gasteiger partial charge in [0.2, 0.25) is 0 Å². The van der Waals surface area contributed by atoms with E-state index in [1.165, 1.54) is 38.5 Å². The summed E-state index contributed by atoms with van der Waals surface area (Å²) in [5, 5.41) is 20.5. The van der Waals surface area contributed by atoms with E-state index in [0.29, 0.717) is 5.92 Å². The van der Waals surface area contributed by atoms with Gasteiger partial charge < -0.3 is 15.9 Å². The average molecular weight is 267 g/mol. The summed E-state index contributed by atoms with van der Waals surface area (Å²) in [6, 6.07) is -0.291. The van der Waals surface area contributed by atoms with E-state index in [1.54, 1.807) is 0 Å². The van der Waals surface area contributed by atoms with Gasteiger partial charge in [-0.05, 0) is 43.6 Å². The van der Waals surface area contributed by atoms with E-state index in [1.807, 2.05) is 0 Å². The average Bonchev–Trinajstić information content (AvgIpc) is 2.47. The highest BCUT2D eigenvalue weighted by Gasteiger charge is 2.29. The summed E-state index contributed by atoms with van der Waals surface area (Å²) in [6.07, 6.45) is 12.0. The van der Waals surface area contributed by atoms with Gasteiger partial charge in [0.1, 0.15) is 6.10 Å². The Labute approximate surface area is 116 Å². The van der Waals surface area contributed by atoms with Crippen LogP contribution in [0, 0.1) is 5.92 Å². The van der Waals surface area contributed by atoms with E-state index in [2.05, 4.69) is 6.08 Å². The van der Waals surface area contributed by atoms with Crippen LogP contribution < -0.4 is 5.73 Å². The van der Waals surface area contributed by atoms with Gasteiger partial charge in [0, 0.05) is 6.04 Å². The predicted molar refractivity (Wildman–Crippen MR) is 77.7 cm³/mol. The van der Waals surface area contributed by atoms with E-state index in [0.717, 1.165) is 31.3 Å². The highest BCUT2D eigenvalue weighted by molar-refractivity contribution is 5.13. The van der Waals surface area contributed by atoms with Crippen molar-refractivity contribution in [2.75, 3.05) is 0 Å². The largest absolute Gasteiger partial charge is 0.388 e. The second-order valence-corrected chi connectivity index (χ2v) is 6.36. The minimum absolute atomic E-state index is 0.291. The number of allylic oxidation sites excluding steroid dienone is 1. The quantitative estimate of drug-likeness (QED) is 0.671. The summed E-state index contributed by atoms with van der Waals surface area (Å²) in [5.41, 5.74) is 7.12. The van der Waals surface area contributed by atoms with Gasteiger partial charge in [-0.3, -0.25) is 0 Å². The number of rotatable bonds is 5. The van der Waals surface area contributed by atoms with E-state index >= 15 is 0 Å². The summed E-state index contributed by atoms with van der Waals surface area (Å²) in [4.78, 5) is 0. The minimum Gasteiger partial charge on any atom is -0.388 e. The van der Waals surface area contributed by atoms with Crippen LogP contribution in [-0.2, 0) is 0 Å². The molecule has 0 spiro atoms. The Balaban J connectivity index is 1.83. The Morgan fingerprint density at radius 2 is 1.84 bits per heavy atom. The van der Waals surface area contributed by atoms with Gasteiger partial charge in [-0.1, -0.05) is 38.2 Å². The molecule has 0 bridgehead atoms. The SMILES string of the molecule is NC(CC1CCCCC1)C(O)C(O)C1=CCCCC1. The molecule has 1 fully saturated rings. The molecule has 2 aliphatic carbocycles. The molecule has 0 aromatic rings. The Morgan fingerprint density at radius 3 is 2.47 bits per heavy atom. The van der Waals surface area contributed by atoms with Gasteiger partial charge in [0.05, 0.1) is 6.10 Å². The lowest BCUT2D eigenvalue weighted by molar-refractivity contribution is 0.0160. The van der Waals surface area contributed by atoms with Crippen molar-refractivity contribution in [2.45, 2.75) is 82.5 Å². The van der Waals surface area contributed by atoms with E-state index in [9.17, 15) is 10.2 Å². The molecule has 0 aromatic carbocycles. The fourth-order valence-electron chi connectivity index (χ4n) is 3.53. The second-order valence-electron chi connectivity index (χ2n) is 6.36. The first kappa shape index (κ1) is 15.0. The fraction of sp³-hybridized carbons (Fsp3) is 0.875. The smallest absolute Gasteiger partial charge is 0.102 e. The van der Waals surface area contributed by atoms with Crippen molar-refractivity contribution in [2.24, 2.45) is 11.7 Å². The van der Waals surface area contributed by atoms with Gasteiger partial charge in [0.25, 0.3) is 0 Å². The third-order valence-electron chi connectivity index (χ3n) is 4.80. The summed E-state index contributed by atoms with van der Waals surface area (Å²) in [7, 11) is 0. The Hall–Kier alpha value is -0.380. The van der Waals surface area contributed by atoms with Crippen LogP contribution in [0.5, 0.6) is 0 Å². The lowest BCUT2D eigenvalue weighted by atomic mass is 9.82. The molecule has 0 heterocycles. The molecule has 1 saturated carbocycles. The lowest BCUT2D eigenvalue weighted by Crippen LogP contribution is -2.45. The van der Waals surface area contributed by atoms with Crippen molar-refractivity contribution in [3.05, 3.63) is 11.6 Å². The molecule has 0 amide bonds. The van der Waals surface area contributed by atoms with E-state index in [-0.39, 0.29) is 6.04 Å². The molecule has 2 rings (SSSR count). The molecule has 2 aliphatic rings. The number of nitrogens with two attached hydrogens (primary N) is 1. The van der Waals surface area contributed by atoms with Gasteiger partial charge in [0.15, 0.2) is 0 Å². The molecule has 0 aliphatic heterocycles. The van der Waals surface area contributed by atoms with Gasteiger partial charge in [-0.25, -0.2) is 0 Å². The standard InChI is InChI=1S/C16H29NO2/c17-14(11-12-7-3-1-4-8-12)16(19)15(18)13-9-5-2-6-10-13/h9,12,14-16,18-19H,1-8,10-11,17H2. The summed E-state index contributed by atoms with van der Waals surface area (Å²) in [6.45, 7) is 0. The van der Waals surface area contributed by atoms with Crippen molar-refractivity contribution in [1.82, 2.24) is 0 Å². The fourth-order valence-corrected chi connectivity index (χ4v) is 3.53. The maximum absolute atomic E-state index is 10.3. The van der Waals surface area contributed by atoms with E-state index < -0.39 is 12.2 Å². The number of hydrogen-bond donors (Lipinski definition) is 3. The van der Waals surface area contributed by atoms with Crippen LogP contribution in [-0.4, -0.2) is 28.5 Å². The summed E-state index contributed by atoms with van der Waals surface area (Å²) < 4.78 is 0. The van der Waals surface area contributed by atoms with Crippen LogP contribution in [0.3, 0.4) is 0 Å². The highest BCUT2D eigenvalue weighted by Crippen LogP contribution is 2.29.